The summed E-state index contributed by atoms with van der Waals surface area (Å²) in [4.78, 5) is 3.98. The summed E-state index contributed by atoms with van der Waals surface area (Å²) in [5.41, 5.74) is 0.624. The van der Waals surface area contributed by atoms with E-state index in [0.717, 1.165) is 6.26 Å². The monoisotopic (exact) mass is 356 g/mol. The van der Waals surface area contributed by atoms with Crippen LogP contribution in [0.3, 0.4) is 0 Å². The molecule has 1 aromatic heterocycles. The maximum Gasteiger partial charge on any atom is 0.264 e. The number of benzene rings is 1. The maximum absolute atomic E-state index is 13.2. The molecular formula is C15H17FN2O5S. The Morgan fingerprint density at radius 2 is 2.17 bits per heavy atom. The SMILES string of the molecule is CS(=O)(=O)OC[C@@H]1CO[C@@](Cn2ccnc2)(c2ccc(F)cc2)O1. The summed E-state index contributed by atoms with van der Waals surface area (Å²) in [6.45, 7) is 0.293. The van der Waals surface area contributed by atoms with E-state index in [1.165, 1.54) is 12.1 Å². The van der Waals surface area contributed by atoms with Crippen molar-refractivity contribution in [2.75, 3.05) is 19.5 Å². The van der Waals surface area contributed by atoms with Crippen molar-refractivity contribution in [3.8, 4) is 0 Å². The topological polar surface area (TPSA) is 79.7 Å². The van der Waals surface area contributed by atoms with Gasteiger partial charge in [0.25, 0.3) is 10.1 Å². The van der Waals surface area contributed by atoms with Crippen LogP contribution in [0, 0.1) is 5.82 Å². The lowest BCUT2D eigenvalue weighted by Crippen LogP contribution is -2.34. The van der Waals surface area contributed by atoms with Crippen molar-refractivity contribution in [2.24, 2.45) is 0 Å². The Bertz CT molecular complexity index is 779. The second kappa shape index (κ2) is 6.60. The number of hydrogen-bond donors (Lipinski definition) is 0. The molecule has 0 bridgehead atoms. The average molecular weight is 356 g/mol. The summed E-state index contributed by atoms with van der Waals surface area (Å²) in [5.74, 6) is -1.54. The molecule has 0 N–H and O–H groups in total. The summed E-state index contributed by atoms with van der Waals surface area (Å²) in [6, 6.07) is 5.79. The van der Waals surface area contributed by atoms with Crippen LogP contribution in [0.15, 0.2) is 43.0 Å². The van der Waals surface area contributed by atoms with Gasteiger partial charge >= 0.3 is 0 Å². The first-order chi connectivity index (χ1) is 11.4. The molecule has 7 nitrogen and oxygen atoms in total. The molecule has 2 atom stereocenters. The summed E-state index contributed by atoms with van der Waals surface area (Å²) < 4.78 is 53.9. The van der Waals surface area contributed by atoms with E-state index in [9.17, 15) is 12.8 Å². The van der Waals surface area contributed by atoms with Gasteiger partial charge in [-0.2, -0.15) is 8.42 Å². The number of ether oxygens (including phenoxy) is 2. The van der Waals surface area contributed by atoms with E-state index in [4.69, 9.17) is 13.7 Å². The zero-order valence-corrected chi connectivity index (χ0v) is 13.8. The van der Waals surface area contributed by atoms with Crippen LogP contribution in [0.5, 0.6) is 0 Å². The molecule has 0 aliphatic carbocycles. The van der Waals surface area contributed by atoms with Gasteiger partial charge in [-0.1, -0.05) is 12.1 Å². The Hall–Kier alpha value is -1.81. The second-order valence-electron chi connectivity index (χ2n) is 5.53. The molecule has 2 heterocycles. The number of halogens is 1. The lowest BCUT2D eigenvalue weighted by molar-refractivity contribution is -0.189. The Morgan fingerprint density at radius 3 is 2.79 bits per heavy atom. The maximum atomic E-state index is 13.2. The van der Waals surface area contributed by atoms with Gasteiger partial charge in [0.1, 0.15) is 11.9 Å². The number of aromatic nitrogens is 2. The van der Waals surface area contributed by atoms with E-state index < -0.39 is 22.0 Å². The molecule has 1 aliphatic heterocycles. The molecule has 1 fully saturated rings. The van der Waals surface area contributed by atoms with Gasteiger partial charge in [-0.3, -0.25) is 4.18 Å². The third-order valence-electron chi connectivity index (χ3n) is 3.56. The minimum atomic E-state index is -3.57. The molecule has 24 heavy (non-hydrogen) atoms. The van der Waals surface area contributed by atoms with Crippen LogP contribution >= 0.6 is 0 Å². The van der Waals surface area contributed by atoms with Gasteiger partial charge in [-0.25, -0.2) is 9.37 Å². The van der Waals surface area contributed by atoms with Crippen LogP contribution in [-0.4, -0.2) is 43.5 Å². The highest BCUT2D eigenvalue weighted by Gasteiger charge is 2.44. The zero-order valence-electron chi connectivity index (χ0n) is 13.0. The molecule has 0 unspecified atom stereocenters. The van der Waals surface area contributed by atoms with Crippen molar-refractivity contribution >= 4 is 10.1 Å². The summed E-state index contributed by atoms with van der Waals surface area (Å²) in [6.07, 6.45) is 5.39. The predicted molar refractivity (Wildman–Crippen MR) is 81.9 cm³/mol. The highest BCUT2D eigenvalue weighted by Crippen LogP contribution is 2.36. The van der Waals surface area contributed by atoms with Crippen LogP contribution in [0.25, 0.3) is 0 Å². The van der Waals surface area contributed by atoms with Gasteiger partial charge in [0, 0.05) is 18.0 Å². The summed E-state index contributed by atoms with van der Waals surface area (Å²) >= 11 is 0. The predicted octanol–water partition coefficient (Wildman–Crippen LogP) is 1.27. The van der Waals surface area contributed by atoms with E-state index in [0.29, 0.717) is 5.56 Å². The van der Waals surface area contributed by atoms with Gasteiger partial charge in [-0.15, -0.1) is 0 Å². The smallest absolute Gasteiger partial charge is 0.264 e. The number of hydrogen-bond acceptors (Lipinski definition) is 6. The molecule has 1 aromatic carbocycles. The van der Waals surface area contributed by atoms with Gasteiger partial charge in [0.05, 0.1) is 32.3 Å². The molecule has 2 aromatic rings. The summed E-state index contributed by atoms with van der Waals surface area (Å²) in [7, 11) is -3.57. The van der Waals surface area contributed by atoms with Crippen molar-refractivity contribution in [1.29, 1.82) is 0 Å². The van der Waals surface area contributed by atoms with Crippen molar-refractivity contribution in [3.05, 3.63) is 54.4 Å². The third kappa shape index (κ3) is 3.99. The first kappa shape index (κ1) is 17.0. The fourth-order valence-corrected chi connectivity index (χ4v) is 2.90. The molecule has 130 valence electrons. The van der Waals surface area contributed by atoms with E-state index in [-0.39, 0.29) is 25.6 Å². The Balaban J connectivity index is 1.82. The van der Waals surface area contributed by atoms with E-state index in [2.05, 4.69) is 4.98 Å². The first-order valence-electron chi connectivity index (χ1n) is 7.24. The number of imidazole rings is 1. The number of nitrogens with zero attached hydrogens (tertiary/aromatic N) is 2. The lowest BCUT2D eigenvalue weighted by atomic mass is 10.1. The minimum Gasteiger partial charge on any atom is -0.342 e. The molecule has 0 radical (unpaired) electrons. The largest absolute Gasteiger partial charge is 0.342 e. The first-order valence-corrected chi connectivity index (χ1v) is 9.06. The minimum absolute atomic E-state index is 0.147. The highest BCUT2D eigenvalue weighted by atomic mass is 32.2. The van der Waals surface area contributed by atoms with Crippen LogP contribution in [0.1, 0.15) is 5.56 Å². The molecule has 0 amide bonds. The Kier molecular flexibility index (Phi) is 4.68. The highest BCUT2D eigenvalue weighted by molar-refractivity contribution is 7.85. The summed E-state index contributed by atoms with van der Waals surface area (Å²) in [5, 5.41) is 0. The second-order valence-corrected chi connectivity index (χ2v) is 7.18. The van der Waals surface area contributed by atoms with Crippen LogP contribution < -0.4 is 0 Å². The van der Waals surface area contributed by atoms with Gasteiger partial charge in [0.15, 0.2) is 0 Å². The van der Waals surface area contributed by atoms with Crippen molar-refractivity contribution in [3.63, 3.8) is 0 Å². The lowest BCUT2D eigenvalue weighted by Gasteiger charge is -2.29. The zero-order chi connectivity index (χ0) is 17.2. The molecule has 1 aliphatic rings. The molecule has 9 heteroatoms. The van der Waals surface area contributed by atoms with Gasteiger partial charge in [-0.05, 0) is 12.1 Å². The normalized spacial score (nSPS) is 24.3. The molecule has 0 spiro atoms. The third-order valence-corrected chi connectivity index (χ3v) is 4.13. The van der Waals surface area contributed by atoms with E-state index in [1.54, 1.807) is 35.4 Å². The Morgan fingerprint density at radius 1 is 1.42 bits per heavy atom. The quantitative estimate of drug-likeness (QED) is 0.725. The molecule has 3 rings (SSSR count). The van der Waals surface area contributed by atoms with Crippen molar-refractivity contribution < 1.29 is 26.5 Å². The average Bonchev–Trinajstić information content (AvgIpc) is 3.16. The number of rotatable bonds is 6. The molecule has 0 saturated carbocycles. The van der Waals surface area contributed by atoms with Crippen LogP contribution in [0.4, 0.5) is 4.39 Å². The van der Waals surface area contributed by atoms with E-state index in [1.807, 2.05) is 0 Å². The standard InChI is InChI=1S/C15H17FN2O5S/c1-24(19,20)22-9-14-8-21-15(23-14,10-18-7-6-17-11-18)12-2-4-13(16)5-3-12/h2-7,11,14H,8-10H2,1H3/t14-,15+/m0/s1. The van der Waals surface area contributed by atoms with Crippen LogP contribution in [0.2, 0.25) is 0 Å². The van der Waals surface area contributed by atoms with Gasteiger partial charge in [0.2, 0.25) is 5.79 Å². The van der Waals surface area contributed by atoms with Gasteiger partial charge < -0.3 is 14.0 Å². The fourth-order valence-electron chi connectivity index (χ4n) is 2.50. The molecular weight excluding hydrogens is 339 g/mol. The molecule has 1 saturated heterocycles. The van der Waals surface area contributed by atoms with Crippen LogP contribution in [-0.2, 0) is 36.1 Å². The van der Waals surface area contributed by atoms with Crippen molar-refractivity contribution in [1.82, 2.24) is 9.55 Å². The van der Waals surface area contributed by atoms with E-state index >= 15 is 0 Å². The fraction of sp³-hybridized carbons (Fsp3) is 0.400. The Labute approximate surface area is 139 Å². The van der Waals surface area contributed by atoms with Crippen molar-refractivity contribution in [2.45, 2.75) is 18.4 Å².